The average Bonchev–Trinajstić information content (AvgIpc) is 2.95. The molecule has 2 aliphatic heterocycles. The fourth-order valence-electron chi connectivity index (χ4n) is 2.82. The number of hydrogen-bond donors (Lipinski definition) is 2. The van der Waals surface area contributed by atoms with Gasteiger partial charge in [-0.3, -0.25) is 24.5 Å². The molecule has 0 aliphatic carbocycles. The summed E-state index contributed by atoms with van der Waals surface area (Å²) >= 11 is 0. The summed E-state index contributed by atoms with van der Waals surface area (Å²) in [6.45, 7) is 1.07. The summed E-state index contributed by atoms with van der Waals surface area (Å²) in [7, 11) is 0. The molecule has 2 N–H and O–H groups in total. The molecule has 0 bridgehead atoms. The zero-order valence-electron chi connectivity index (χ0n) is 13.1. The molecule has 0 radical (unpaired) electrons. The Hall–Kier alpha value is -2.77. The first-order valence-electron chi connectivity index (χ1n) is 7.91. The highest BCUT2D eigenvalue weighted by molar-refractivity contribution is 6.03. The summed E-state index contributed by atoms with van der Waals surface area (Å²) < 4.78 is 0. The highest BCUT2D eigenvalue weighted by atomic mass is 16.2. The molecule has 1 aromatic heterocycles. The molecule has 1 atom stereocenters. The Bertz CT molecular complexity index is 703. The van der Waals surface area contributed by atoms with Gasteiger partial charge in [0.1, 0.15) is 11.7 Å². The number of hydrogen-bond acceptors (Lipinski definition) is 5. The monoisotopic (exact) mass is 330 g/mol. The number of piperidine rings is 1. The number of pyridine rings is 1. The fraction of sp³-hybridized carbons (Fsp3) is 0.438. The van der Waals surface area contributed by atoms with E-state index in [1.54, 1.807) is 23.1 Å². The molecule has 1 unspecified atom stereocenters. The normalized spacial score (nSPS) is 20.9. The van der Waals surface area contributed by atoms with E-state index < -0.39 is 17.9 Å². The van der Waals surface area contributed by atoms with Gasteiger partial charge in [-0.15, -0.1) is 0 Å². The number of nitrogens with zero attached hydrogens (tertiary/aromatic N) is 2. The van der Waals surface area contributed by atoms with Crippen molar-refractivity contribution in [3.05, 3.63) is 29.6 Å². The van der Waals surface area contributed by atoms with Crippen LogP contribution in [0.5, 0.6) is 0 Å². The standard InChI is InChI=1S/C16H18N4O4/c21-13-7-6-12(16(24)19-13)18-15(23)11-4-1-3-10(17-11)9-20-8-2-5-14(20)22/h1,3-4,12H,2,5-9H2,(H,18,23)(H,19,21,24). The maximum Gasteiger partial charge on any atom is 0.270 e. The van der Waals surface area contributed by atoms with Gasteiger partial charge in [-0.2, -0.15) is 0 Å². The van der Waals surface area contributed by atoms with E-state index in [0.717, 1.165) is 6.42 Å². The van der Waals surface area contributed by atoms with Crippen molar-refractivity contribution in [3.8, 4) is 0 Å². The van der Waals surface area contributed by atoms with Crippen LogP contribution in [0.2, 0.25) is 0 Å². The second-order valence-corrected chi connectivity index (χ2v) is 5.91. The molecular weight excluding hydrogens is 312 g/mol. The molecule has 24 heavy (non-hydrogen) atoms. The molecule has 3 heterocycles. The van der Waals surface area contributed by atoms with E-state index >= 15 is 0 Å². The Balaban J connectivity index is 1.64. The van der Waals surface area contributed by atoms with Crippen LogP contribution in [0.1, 0.15) is 41.9 Å². The number of rotatable bonds is 4. The molecule has 2 aliphatic rings. The zero-order chi connectivity index (χ0) is 17.1. The third kappa shape index (κ3) is 3.58. The lowest BCUT2D eigenvalue weighted by atomic mass is 10.1. The maximum absolute atomic E-state index is 12.3. The van der Waals surface area contributed by atoms with Gasteiger partial charge in [-0.1, -0.05) is 6.07 Å². The lowest BCUT2D eigenvalue weighted by Gasteiger charge is -2.21. The first-order chi connectivity index (χ1) is 11.5. The minimum absolute atomic E-state index is 0.0928. The molecule has 4 amide bonds. The summed E-state index contributed by atoms with van der Waals surface area (Å²) in [5, 5.41) is 4.78. The number of amides is 4. The van der Waals surface area contributed by atoms with Crippen LogP contribution in [-0.4, -0.2) is 46.1 Å². The number of imide groups is 1. The molecule has 1 aromatic rings. The summed E-state index contributed by atoms with van der Waals surface area (Å²) in [5.41, 5.74) is 0.810. The van der Waals surface area contributed by atoms with E-state index in [4.69, 9.17) is 0 Å². The molecule has 2 fully saturated rings. The second kappa shape index (κ2) is 6.77. The summed E-state index contributed by atoms with van der Waals surface area (Å²) in [4.78, 5) is 52.7. The fourth-order valence-corrected chi connectivity index (χ4v) is 2.82. The van der Waals surface area contributed by atoms with Crippen molar-refractivity contribution in [2.24, 2.45) is 0 Å². The van der Waals surface area contributed by atoms with Crippen LogP contribution in [0.15, 0.2) is 18.2 Å². The van der Waals surface area contributed by atoms with E-state index in [2.05, 4.69) is 15.6 Å². The highest BCUT2D eigenvalue weighted by Crippen LogP contribution is 2.13. The van der Waals surface area contributed by atoms with Crippen LogP contribution in [0.3, 0.4) is 0 Å². The summed E-state index contributed by atoms with van der Waals surface area (Å²) in [6.07, 6.45) is 1.86. The van der Waals surface area contributed by atoms with Crippen molar-refractivity contribution in [1.82, 2.24) is 20.5 Å². The third-order valence-electron chi connectivity index (χ3n) is 4.11. The van der Waals surface area contributed by atoms with Crippen LogP contribution in [-0.2, 0) is 20.9 Å². The number of carbonyl (C=O) groups is 4. The Kier molecular flexibility index (Phi) is 4.54. The van der Waals surface area contributed by atoms with Gasteiger partial charge in [0.05, 0.1) is 12.2 Å². The van der Waals surface area contributed by atoms with Gasteiger partial charge in [0.25, 0.3) is 5.91 Å². The first-order valence-corrected chi connectivity index (χ1v) is 7.91. The largest absolute Gasteiger partial charge is 0.339 e. The van der Waals surface area contributed by atoms with Crippen molar-refractivity contribution >= 4 is 23.6 Å². The minimum Gasteiger partial charge on any atom is -0.339 e. The summed E-state index contributed by atoms with van der Waals surface area (Å²) in [6, 6.07) is 4.27. The smallest absolute Gasteiger partial charge is 0.270 e. The SMILES string of the molecule is O=C1CCC(NC(=O)c2cccc(CN3CCCC3=O)n2)C(=O)N1. The number of aromatic nitrogens is 1. The maximum atomic E-state index is 12.3. The third-order valence-corrected chi connectivity index (χ3v) is 4.11. The second-order valence-electron chi connectivity index (χ2n) is 5.91. The molecule has 8 nitrogen and oxygen atoms in total. The average molecular weight is 330 g/mol. The zero-order valence-corrected chi connectivity index (χ0v) is 13.1. The van der Waals surface area contributed by atoms with Crippen molar-refractivity contribution in [3.63, 3.8) is 0 Å². The van der Waals surface area contributed by atoms with Gasteiger partial charge in [0.15, 0.2) is 0 Å². The Morgan fingerprint density at radius 1 is 1.29 bits per heavy atom. The minimum atomic E-state index is -0.735. The van der Waals surface area contributed by atoms with E-state index in [9.17, 15) is 19.2 Å². The van der Waals surface area contributed by atoms with Crippen LogP contribution >= 0.6 is 0 Å². The number of nitrogens with one attached hydrogen (secondary N) is 2. The lowest BCUT2D eigenvalue weighted by molar-refractivity contribution is -0.134. The molecule has 0 spiro atoms. The molecule has 126 valence electrons. The predicted molar refractivity (Wildman–Crippen MR) is 82.5 cm³/mol. The van der Waals surface area contributed by atoms with Gasteiger partial charge in [0, 0.05) is 19.4 Å². The van der Waals surface area contributed by atoms with Gasteiger partial charge < -0.3 is 10.2 Å². The van der Waals surface area contributed by atoms with Gasteiger partial charge in [0.2, 0.25) is 17.7 Å². The number of likely N-dealkylation sites (tertiary alicyclic amines) is 1. The van der Waals surface area contributed by atoms with Crippen LogP contribution < -0.4 is 10.6 Å². The summed E-state index contributed by atoms with van der Waals surface area (Å²) in [5.74, 6) is -1.21. The predicted octanol–water partition coefficient (Wildman–Crippen LogP) is -0.261. The Labute approximate surface area is 138 Å². The molecule has 0 saturated carbocycles. The van der Waals surface area contributed by atoms with Gasteiger partial charge in [-0.25, -0.2) is 4.98 Å². The number of carbonyl (C=O) groups excluding carboxylic acids is 4. The molecule has 0 aromatic carbocycles. The van der Waals surface area contributed by atoms with Crippen LogP contribution in [0.25, 0.3) is 0 Å². The Morgan fingerprint density at radius 2 is 2.12 bits per heavy atom. The van der Waals surface area contributed by atoms with Gasteiger partial charge >= 0.3 is 0 Å². The topological polar surface area (TPSA) is 108 Å². The van der Waals surface area contributed by atoms with Crippen LogP contribution in [0, 0.1) is 0 Å². The lowest BCUT2D eigenvalue weighted by Crippen LogP contribution is -2.52. The quantitative estimate of drug-likeness (QED) is 0.739. The molecular formula is C16H18N4O4. The first kappa shape index (κ1) is 16.1. The van der Waals surface area contributed by atoms with E-state index in [0.29, 0.717) is 25.2 Å². The molecule has 8 heteroatoms. The molecule has 3 rings (SSSR count). The van der Waals surface area contributed by atoms with E-state index in [1.807, 2.05) is 0 Å². The van der Waals surface area contributed by atoms with Crippen molar-refractivity contribution < 1.29 is 19.2 Å². The van der Waals surface area contributed by atoms with Crippen molar-refractivity contribution in [2.45, 2.75) is 38.3 Å². The van der Waals surface area contributed by atoms with Crippen LogP contribution in [0.4, 0.5) is 0 Å². The molecule has 2 saturated heterocycles. The highest BCUT2D eigenvalue weighted by Gasteiger charge is 2.28. The van der Waals surface area contributed by atoms with E-state index in [1.165, 1.54) is 0 Å². The van der Waals surface area contributed by atoms with Crippen molar-refractivity contribution in [2.75, 3.05) is 6.54 Å². The Morgan fingerprint density at radius 3 is 2.83 bits per heavy atom. The van der Waals surface area contributed by atoms with Gasteiger partial charge in [-0.05, 0) is 25.0 Å². The van der Waals surface area contributed by atoms with E-state index in [-0.39, 0.29) is 30.3 Å². The van der Waals surface area contributed by atoms with Crippen molar-refractivity contribution in [1.29, 1.82) is 0 Å².